The van der Waals surface area contributed by atoms with Gasteiger partial charge in [0.1, 0.15) is 17.2 Å². The lowest BCUT2D eigenvalue weighted by Gasteiger charge is -2.03. The maximum Gasteiger partial charge on any atom is 0.119 e. The summed E-state index contributed by atoms with van der Waals surface area (Å²) in [5, 5.41) is 5.29. The van der Waals surface area contributed by atoms with Crippen molar-refractivity contribution < 1.29 is 4.42 Å². The Morgan fingerprint density at radius 2 is 2.05 bits per heavy atom. The first-order valence-corrected chi connectivity index (χ1v) is 7.06. The molecule has 0 aliphatic heterocycles. The lowest BCUT2D eigenvalue weighted by molar-refractivity contribution is 0.505. The molecule has 0 aliphatic rings. The monoisotopic (exact) mass is 301 g/mol. The number of rotatable bonds is 3. The van der Waals surface area contributed by atoms with Crippen molar-refractivity contribution in [3.05, 3.63) is 58.6 Å². The minimum atomic E-state index is 0.583. The molecule has 0 amide bonds. The number of furan rings is 1. The van der Waals surface area contributed by atoms with E-state index in [0.29, 0.717) is 12.2 Å². The van der Waals surface area contributed by atoms with Crippen molar-refractivity contribution in [2.45, 2.75) is 20.4 Å². The summed E-state index contributed by atoms with van der Waals surface area (Å²) in [6.45, 7) is 4.40. The number of nitrogens with two attached hydrogens (primary N) is 1. The molecule has 108 valence electrons. The molecule has 5 heteroatoms. The van der Waals surface area contributed by atoms with E-state index in [4.69, 9.17) is 21.8 Å². The number of nitrogen functional groups attached to an aromatic ring is 1. The Balaban J connectivity index is 1.95. The number of benzene rings is 1. The average Bonchev–Trinajstić information content (AvgIpc) is 2.95. The van der Waals surface area contributed by atoms with Crippen molar-refractivity contribution in [1.29, 1.82) is 0 Å². The Morgan fingerprint density at radius 3 is 2.71 bits per heavy atom. The Labute approximate surface area is 128 Å². The molecule has 0 fully saturated rings. The lowest BCUT2D eigenvalue weighted by Crippen LogP contribution is -2.01. The van der Waals surface area contributed by atoms with E-state index >= 15 is 0 Å². The van der Waals surface area contributed by atoms with E-state index in [9.17, 15) is 0 Å². The third-order valence-corrected chi connectivity index (χ3v) is 3.74. The predicted molar refractivity (Wildman–Crippen MR) is 84.4 cm³/mol. The maximum absolute atomic E-state index is 6.18. The summed E-state index contributed by atoms with van der Waals surface area (Å²) in [6.07, 6.45) is 1.82. The second-order valence-electron chi connectivity index (χ2n) is 5.05. The number of aryl methyl sites for hydroxylation is 2. The maximum atomic E-state index is 6.18. The highest BCUT2D eigenvalue weighted by Crippen LogP contribution is 2.30. The number of aromatic nitrogens is 2. The molecular weight excluding hydrogens is 286 g/mol. The zero-order chi connectivity index (χ0) is 15.0. The second kappa shape index (κ2) is 5.30. The number of anilines is 1. The van der Waals surface area contributed by atoms with Crippen LogP contribution in [0.4, 0.5) is 5.69 Å². The first-order chi connectivity index (χ1) is 10.0. The van der Waals surface area contributed by atoms with Crippen molar-refractivity contribution >= 4 is 17.3 Å². The topological polar surface area (TPSA) is 57.0 Å². The van der Waals surface area contributed by atoms with Crippen molar-refractivity contribution in [3.8, 4) is 11.3 Å². The second-order valence-corrected chi connectivity index (χ2v) is 5.46. The van der Waals surface area contributed by atoms with E-state index in [2.05, 4.69) is 5.10 Å². The van der Waals surface area contributed by atoms with Gasteiger partial charge in [-0.15, -0.1) is 0 Å². The summed E-state index contributed by atoms with van der Waals surface area (Å²) in [5.74, 6) is 1.67. The van der Waals surface area contributed by atoms with Gasteiger partial charge in [0.05, 0.1) is 12.2 Å². The summed E-state index contributed by atoms with van der Waals surface area (Å²) in [7, 11) is 0. The van der Waals surface area contributed by atoms with E-state index in [-0.39, 0.29) is 0 Å². The first kappa shape index (κ1) is 13.8. The molecule has 2 N–H and O–H groups in total. The summed E-state index contributed by atoms with van der Waals surface area (Å²) in [6, 6.07) is 9.67. The van der Waals surface area contributed by atoms with Crippen LogP contribution in [0.15, 0.2) is 40.9 Å². The molecule has 1 aromatic carbocycles. The Bertz CT molecular complexity index is 789. The quantitative estimate of drug-likeness (QED) is 0.794. The fourth-order valence-corrected chi connectivity index (χ4v) is 2.59. The van der Waals surface area contributed by atoms with Crippen LogP contribution in [0, 0.1) is 13.8 Å². The van der Waals surface area contributed by atoms with E-state index in [1.165, 1.54) is 0 Å². The van der Waals surface area contributed by atoms with Gasteiger partial charge in [-0.2, -0.15) is 5.10 Å². The van der Waals surface area contributed by atoms with E-state index in [1.807, 2.05) is 50.4 Å². The van der Waals surface area contributed by atoms with Gasteiger partial charge >= 0.3 is 0 Å². The first-order valence-electron chi connectivity index (χ1n) is 6.68. The zero-order valence-electron chi connectivity index (χ0n) is 11.9. The van der Waals surface area contributed by atoms with Crippen LogP contribution in [0.5, 0.6) is 0 Å². The van der Waals surface area contributed by atoms with Crippen LogP contribution in [0.1, 0.15) is 17.1 Å². The van der Waals surface area contributed by atoms with Crippen LogP contribution in [-0.4, -0.2) is 9.78 Å². The SMILES string of the molecule is Cc1cc(-c2nn(Cc3ccccc3Cl)cc2N)c(C)o1. The average molecular weight is 302 g/mol. The molecule has 3 rings (SSSR count). The van der Waals surface area contributed by atoms with Crippen LogP contribution in [0.25, 0.3) is 11.3 Å². The number of nitrogens with zero attached hydrogens (tertiary/aromatic N) is 2. The molecule has 2 heterocycles. The van der Waals surface area contributed by atoms with Gasteiger partial charge in [-0.25, -0.2) is 0 Å². The summed E-state index contributed by atoms with van der Waals surface area (Å²) < 4.78 is 7.34. The van der Waals surface area contributed by atoms with Crippen LogP contribution >= 0.6 is 11.6 Å². The highest BCUT2D eigenvalue weighted by atomic mass is 35.5. The van der Waals surface area contributed by atoms with Crippen LogP contribution < -0.4 is 5.73 Å². The molecule has 4 nitrogen and oxygen atoms in total. The van der Waals surface area contributed by atoms with E-state index < -0.39 is 0 Å². The lowest BCUT2D eigenvalue weighted by atomic mass is 10.1. The molecule has 0 atom stereocenters. The number of hydrogen-bond donors (Lipinski definition) is 1. The van der Waals surface area contributed by atoms with Gasteiger partial charge in [-0.05, 0) is 31.5 Å². The molecule has 0 spiro atoms. The predicted octanol–water partition coefficient (Wildman–Crippen LogP) is 4.04. The third kappa shape index (κ3) is 2.67. The summed E-state index contributed by atoms with van der Waals surface area (Å²) >= 11 is 6.18. The highest BCUT2D eigenvalue weighted by molar-refractivity contribution is 6.31. The Hall–Kier alpha value is -2.20. The van der Waals surface area contributed by atoms with Gasteiger partial charge in [-0.1, -0.05) is 29.8 Å². The van der Waals surface area contributed by atoms with Crippen molar-refractivity contribution in [2.24, 2.45) is 0 Å². The van der Waals surface area contributed by atoms with Crippen molar-refractivity contribution in [2.75, 3.05) is 5.73 Å². The fourth-order valence-electron chi connectivity index (χ4n) is 2.39. The normalized spacial score (nSPS) is 11.0. The van der Waals surface area contributed by atoms with Gasteiger partial charge in [0, 0.05) is 16.8 Å². The molecule has 0 saturated carbocycles. The van der Waals surface area contributed by atoms with Gasteiger partial charge in [-0.3, -0.25) is 4.68 Å². The van der Waals surface area contributed by atoms with E-state index in [0.717, 1.165) is 33.4 Å². The molecule has 21 heavy (non-hydrogen) atoms. The molecule has 0 aliphatic carbocycles. The molecule has 0 bridgehead atoms. The molecule has 0 unspecified atom stereocenters. The van der Waals surface area contributed by atoms with Gasteiger partial charge < -0.3 is 10.2 Å². The molecule has 3 aromatic rings. The van der Waals surface area contributed by atoms with Gasteiger partial charge in [0.25, 0.3) is 0 Å². The smallest absolute Gasteiger partial charge is 0.119 e. The van der Waals surface area contributed by atoms with E-state index in [1.54, 1.807) is 4.68 Å². The number of halogens is 1. The molecule has 0 saturated heterocycles. The molecule has 0 radical (unpaired) electrons. The minimum absolute atomic E-state index is 0.583. The van der Waals surface area contributed by atoms with Crippen molar-refractivity contribution in [3.63, 3.8) is 0 Å². The highest BCUT2D eigenvalue weighted by Gasteiger charge is 2.15. The minimum Gasteiger partial charge on any atom is -0.466 e. The van der Waals surface area contributed by atoms with Gasteiger partial charge in [0.15, 0.2) is 0 Å². The Morgan fingerprint density at radius 1 is 1.29 bits per heavy atom. The zero-order valence-corrected chi connectivity index (χ0v) is 12.7. The van der Waals surface area contributed by atoms with Crippen molar-refractivity contribution in [1.82, 2.24) is 9.78 Å². The fraction of sp³-hybridized carbons (Fsp3) is 0.188. The molecule has 2 aromatic heterocycles. The summed E-state index contributed by atoms with van der Waals surface area (Å²) in [5.41, 5.74) is 9.40. The van der Waals surface area contributed by atoms with Crippen LogP contribution in [0.2, 0.25) is 5.02 Å². The number of hydrogen-bond acceptors (Lipinski definition) is 3. The van der Waals surface area contributed by atoms with Crippen LogP contribution in [-0.2, 0) is 6.54 Å². The Kier molecular flexibility index (Phi) is 3.47. The largest absolute Gasteiger partial charge is 0.466 e. The summed E-state index contributed by atoms with van der Waals surface area (Å²) in [4.78, 5) is 0. The standard InChI is InChI=1S/C16H16ClN3O/c1-10-7-13(11(2)21-10)16-15(18)9-20(19-16)8-12-5-3-4-6-14(12)17/h3-7,9H,8,18H2,1-2H3. The third-order valence-electron chi connectivity index (χ3n) is 3.38. The molecular formula is C16H16ClN3O. The van der Waals surface area contributed by atoms with Gasteiger partial charge in [0.2, 0.25) is 0 Å². The van der Waals surface area contributed by atoms with Crippen LogP contribution in [0.3, 0.4) is 0 Å².